The molecule has 1 aliphatic heterocycles. The summed E-state index contributed by atoms with van der Waals surface area (Å²) in [6.45, 7) is 0.322. The maximum absolute atomic E-state index is 11.9. The Balaban J connectivity index is 2.37. The maximum atomic E-state index is 11.9. The molecule has 0 saturated carbocycles. The fourth-order valence-electron chi connectivity index (χ4n) is 1.34. The van der Waals surface area contributed by atoms with Crippen LogP contribution in [0.4, 0.5) is 0 Å². The minimum atomic E-state index is -3.51. The van der Waals surface area contributed by atoms with Gasteiger partial charge in [-0.25, -0.2) is 0 Å². The average Bonchev–Trinajstić information content (AvgIpc) is 2.67. The zero-order valence-corrected chi connectivity index (χ0v) is 8.81. The van der Waals surface area contributed by atoms with Gasteiger partial charge in [0.2, 0.25) is 0 Å². The van der Waals surface area contributed by atoms with Crippen molar-refractivity contribution in [3.63, 3.8) is 0 Å². The van der Waals surface area contributed by atoms with Crippen LogP contribution < -0.4 is 5.73 Å². The summed E-state index contributed by atoms with van der Waals surface area (Å²) in [5.41, 5.74) is 5.44. The van der Waals surface area contributed by atoms with Crippen LogP contribution in [0.1, 0.15) is 6.42 Å². The van der Waals surface area contributed by atoms with Crippen LogP contribution in [0.2, 0.25) is 0 Å². The number of nitrogens with zero attached hydrogens (tertiary/aromatic N) is 2. The Morgan fingerprint density at radius 3 is 2.47 bits per heavy atom. The smallest absolute Gasteiger partial charge is 0.279 e. The third kappa shape index (κ3) is 1.80. The molecule has 15 heavy (non-hydrogen) atoms. The van der Waals surface area contributed by atoms with Crippen molar-refractivity contribution in [1.29, 1.82) is 0 Å². The third-order valence-corrected chi connectivity index (χ3v) is 3.80. The lowest BCUT2D eigenvalue weighted by Crippen LogP contribution is -2.23. The summed E-state index contributed by atoms with van der Waals surface area (Å²) in [5, 5.41) is 3.78. The summed E-state index contributed by atoms with van der Waals surface area (Å²) in [6.07, 6.45) is 0.492. The van der Waals surface area contributed by atoms with E-state index in [2.05, 4.69) is 5.10 Å². The number of sulfonamides is 1. The number of hydrogen-bond acceptors (Lipinski definition) is 4. The van der Waals surface area contributed by atoms with Gasteiger partial charge >= 0.3 is 0 Å². The summed E-state index contributed by atoms with van der Waals surface area (Å²) in [7, 11) is -3.51. The predicted molar refractivity (Wildman–Crippen MR) is 56.6 cm³/mol. The molecule has 6 heteroatoms. The minimum absolute atomic E-state index is 0.239. The molecular formula is C9H11N3O2S. The second-order valence-corrected chi connectivity index (χ2v) is 5.05. The van der Waals surface area contributed by atoms with Gasteiger partial charge in [0.25, 0.3) is 10.0 Å². The van der Waals surface area contributed by atoms with Gasteiger partial charge in [-0.15, -0.1) is 5.10 Å². The highest BCUT2D eigenvalue weighted by Crippen LogP contribution is 2.18. The van der Waals surface area contributed by atoms with Crippen LogP contribution >= 0.6 is 0 Å². The SMILES string of the molecule is NC1=NN(S(=O)(=O)c2ccccc2)CC1. The van der Waals surface area contributed by atoms with Gasteiger partial charge in [0.05, 0.1) is 11.4 Å². The molecule has 1 aromatic rings. The fourth-order valence-corrected chi connectivity index (χ4v) is 2.63. The molecule has 0 amide bonds. The Labute approximate surface area is 88.2 Å². The molecule has 0 radical (unpaired) electrons. The molecule has 80 valence electrons. The lowest BCUT2D eigenvalue weighted by atomic mass is 10.4. The molecule has 0 unspecified atom stereocenters. The summed E-state index contributed by atoms with van der Waals surface area (Å²) >= 11 is 0. The first kappa shape index (κ1) is 9.97. The summed E-state index contributed by atoms with van der Waals surface area (Å²) < 4.78 is 24.9. The van der Waals surface area contributed by atoms with E-state index < -0.39 is 10.0 Å². The first-order chi connectivity index (χ1) is 7.10. The van der Waals surface area contributed by atoms with Gasteiger partial charge in [-0.2, -0.15) is 12.8 Å². The van der Waals surface area contributed by atoms with Crippen molar-refractivity contribution in [1.82, 2.24) is 4.41 Å². The molecule has 1 aromatic carbocycles. The molecular weight excluding hydrogens is 214 g/mol. The maximum Gasteiger partial charge on any atom is 0.279 e. The van der Waals surface area contributed by atoms with Gasteiger partial charge in [0, 0.05) is 6.42 Å². The van der Waals surface area contributed by atoms with Gasteiger partial charge in [-0.05, 0) is 12.1 Å². The first-order valence-corrected chi connectivity index (χ1v) is 5.95. The zero-order valence-electron chi connectivity index (χ0n) is 8.00. The molecule has 0 saturated heterocycles. The van der Waals surface area contributed by atoms with E-state index in [9.17, 15) is 8.42 Å². The minimum Gasteiger partial charge on any atom is -0.386 e. The molecule has 0 aromatic heterocycles. The van der Waals surface area contributed by atoms with Gasteiger partial charge in [-0.1, -0.05) is 18.2 Å². The first-order valence-electron chi connectivity index (χ1n) is 4.51. The molecule has 0 spiro atoms. The summed E-state index contributed by atoms with van der Waals surface area (Å²) in [5.74, 6) is 0.356. The molecule has 1 aliphatic rings. The Morgan fingerprint density at radius 2 is 1.93 bits per heavy atom. The number of hydrazone groups is 1. The highest BCUT2D eigenvalue weighted by Gasteiger charge is 2.26. The Hall–Kier alpha value is -1.56. The Kier molecular flexibility index (Phi) is 2.36. The van der Waals surface area contributed by atoms with Crippen LogP contribution in [0.25, 0.3) is 0 Å². The van der Waals surface area contributed by atoms with Crippen LogP contribution in [-0.4, -0.2) is 25.2 Å². The Bertz CT molecular complexity index is 481. The normalized spacial score (nSPS) is 16.5. The van der Waals surface area contributed by atoms with E-state index in [1.165, 1.54) is 0 Å². The van der Waals surface area contributed by atoms with Gasteiger partial charge in [0.1, 0.15) is 5.84 Å². The third-order valence-electron chi connectivity index (χ3n) is 2.12. The van der Waals surface area contributed by atoms with E-state index in [4.69, 9.17) is 5.73 Å². The van der Waals surface area contributed by atoms with E-state index in [1.807, 2.05) is 0 Å². The molecule has 2 N–H and O–H groups in total. The fraction of sp³-hybridized carbons (Fsp3) is 0.222. The van der Waals surface area contributed by atoms with Crippen molar-refractivity contribution >= 4 is 15.9 Å². The lowest BCUT2D eigenvalue weighted by Gasteiger charge is -2.13. The predicted octanol–water partition coefficient (Wildman–Crippen LogP) is 0.353. The van der Waals surface area contributed by atoms with Gasteiger partial charge < -0.3 is 5.73 Å². The second-order valence-electron chi connectivity index (χ2n) is 3.21. The zero-order chi connectivity index (χ0) is 10.9. The lowest BCUT2D eigenvalue weighted by molar-refractivity contribution is 0.461. The topological polar surface area (TPSA) is 75.8 Å². The molecule has 1 heterocycles. The van der Waals surface area contributed by atoms with Crippen molar-refractivity contribution in [2.24, 2.45) is 10.8 Å². The molecule has 2 rings (SSSR count). The van der Waals surface area contributed by atoms with Crippen LogP contribution in [0, 0.1) is 0 Å². The molecule has 0 atom stereocenters. The number of hydrogen-bond donors (Lipinski definition) is 1. The highest BCUT2D eigenvalue weighted by atomic mass is 32.2. The molecule has 0 bridgehead atoms. The van der Waals surface area contributed by atoms with Gasteiger partial charge in [-0.3, -0.25) is 0 Å². The van der Waals surface area contributed by atoms with Crippen molar-refractivity contribution in [3.05, 3.63) is 30.3 Å². The summed E-state index contributed by atoms with van der Waals surface area (Å²) in [6, 6.07) is 8.20. The van der Waals surface area contributed by atoms with E-state index in [-0.39, 0.29) is 4.90 Å². The van der Waals surface area contributed by atoms with E-state index in [0.717, 1.165) is 4.41 Å². The van der Waals surface area contributed by atoms with E-state index >= 15 is 0 Å². The van der Waals surface area contributed by atoms with Crippen molar-refractivity contribution < 1.29 is 8.42 Å². The Morgan fingerprint density at radius 1 is 1.27 bits per heavy atom. The van der Waals surface area contributed by atoms with Crippen LogP contribution in [0.15, 0.2) is 40.3 Å². The molecule has 0 fully saturated rings. The largest absolute Gasteiger partial charge is 0.386 e. The standard InChI is InChI=1S/C9H11N3O2S/c10-9-6-7-12(11-9)15(13,14)8-4-2-1-3-5-8/h1-5H,6-7H2,(H2,10,11). The number of nitrogens with two attached hydrogens (primary N) is 1. The summed E-state index contributed by atoms with van der Waals surface area (Å²) in [4.78, 5) is 0.239. The van der Waals surface area contributed by atoms with E-state index in [1.54, 1.807) is 30.3 Å². The number of rotatable bonds is 2. The van der Waals surface area contributed by atoms with Crippen molar-refractivity contribution in [2.75, 3.05) is 6.54 Å². The highest BCUT2D eigenvalue weighted by molar-refractivity contribution is 7.89. The quantitative estimate of drug-likeness (QED) is 0.789. The average molecular weight is 225 g/mol. The van der Waals surface area contributed by atoms with Crippen LogP contribution in [0.3, 0.4) is 0 Å². The van der Waals surface area contributed by atoms with Crippen molar-refractivity contribution in [3.8, 4) is 0 Å². The van der Waals surface area contributed by atoms with E-state index in [0.29, 0.717) is 18.8 Å². The van der Waals surface area contributed by atoms with Gasteiger partial charge in [0.15, 0.2) is 0 Å². The molecule has 5 nitrogen and oxygen atoms in total. The number of amidine groups is 1. The van der Waals surface area contributed by atoms with Crippen LogP contribution in [0.5, 0.6) is 0 Å². The van der Waals surface area contributed by atoms with Crippen LogP contribution in [-0.2, 0) is 10.0 Å². The van der Waals surface area contributed by atoms with Crippen molar-refractivity contribution in [2.45, 2.75) is 11.3 Å². The molecule has 0 aliphatic carbocycles. The second kappa shape index (κ2) is 3.54. The monoisotopic (exact) mass is 225 g/mol. The number of benzene rings is 1.